The van der Waals surface area contributed by atoms with E-state index in [9.17, 15) is 0 Å². The first-order valence-corrected chi connectivity index (χ1v) is 12.0. The summed E-state index contributed by atoms with van der Waals surface area (Å²) in [5.74, 6) is 2.75. The second-order valence-corrected chi connectivity index (χ2v) is 8.95. The summed E-state index contributed by atoms with van der Waals surface area (Å²) in [6, 6.07) is 12.3. The summed E-state index contributed by atoms with van der Waals surface area (Å²) in [7, 11) is 0. The third-order valence-corrected chi connectivity index (χ3v) is 6.70. The molecule has 30 heavy (non-hydrogen) atoms. The fourth-order valence-corrected chi connectivity index (χ4v) is 5.04. The van der Waals surface area contributed by atoms with E-state index in [-0.39, 0.29) is 0 Å². The lowest BCUT2D eigenvalue weighted by atomic mass is 10.1. The molecule has 4 aromatic rings. The molecule has 1 aliphatic heterocycles. The minimum atomic E-state index is 0.558. The van der Waals surface area contributed by atoms with E-state index in [1.54, 1.807) is 23.1 Å². The fraction of sp³-hybridized carbons (Fsp3) is 0.333. The summed E-state index contributed by atoms with van der Waals surface area (Å²) >= 11 is 3.19. The Balaban J connectivity index is 1.36. The first-order chi connectivity index (χ1) is 14.9. The first-order valence-electron chi connectivity index (χ1n) is 10.1. The average Bonchev–Trinajstić information content (AvgIpc) is 3.54. The van der Waals surface area contributed by atoms with Gasteiger partial charge in [0.05, 0.1) is 17.9 Å². The van der Waals surface area contributed by atoms with Crippen LogP contribution >= 0.6 is 23.1 Å². The van der Waals surface area contributed by atoms with Crippen LogP contribution in [0.4, 0.5) is 0 Å². The van der Waals surface area contributed by atoms with Gasteiger partial charge in [-0.25, -0.2) is 0 Å². The molecule has 0 atom stereocenters. The van der Waals surface area contributed by atoms with Crippen molar-refractivity contribution in [3.8, 4) is 17.1 Å². The number of likely N-dealkylation sites (tertiary alicyclic amines) is 1. The zero-order valence-corrected chi connectivity index (χ0v) is 18.1. The molecular formula is C21H22N6OS2. The topological polar surface area (TPSA) is 72.9 Å². The normalized spacial score (nSPS) is 14.9. The Morgan fingerprint density at radius 1 is 1.03 bits per heavy atom. The van der Waals surface area contributed by atoms with Crippen LogP contribution in [0.15, 0.2) is 56.8 Å². The molecule has 4 heterocycles. The second-order valence-electron chi connectivity index (χ2n) is 7.22. The standard InChI is InChI=1S/C21H22N6OS2/c1-3-7-17(8-4-1)27-19(13-26-10-5-2-6-11-26)23-24-21(27)30-15-18-22-20(28-25-18)16-9-12-29-14-16/h1,3-4,7-9,12,14H,2,5-6,10-11,13,15H2. The van der Waals surface area contributed by atoms with Crippen LogP contribution in [0.2, 0.25) is 0 Å². The SMILES string of the molecule is c1ccc(-n2c(CN3CCCCC3)nnc2SCc2noc(-c3ccsc3)n2)cc1. The van der Waals surface area contributed by atoms with Gasteiger partial charge < -0.3 is 4.52 Å². The number of hydrogen-bond donors (Lipinski definition) is 0. The van der Waals surface area contributed by atoms with Crippen molar-refractivity contribution in [3.63, 3.8) is 0 Å². The van der Waals surface area contributed by atoms with Gasteiger partial charge in [0.25, 0.3) is 5.89 Å². The molecule has 154 valence electrons. The third-order valence-electron chi connectivity index (χ3n) is 5.10. The summed E-state index contributed by atoms with van der Waals surface area (Å²) < 4.78 is 7.55. The minimum Gasteiger partial charge on any atom is -0.334 e. The maximum Gasteiger partial charge on any atom is 0.258 e. The summed E-state index contributed by atoms with van der Waals surface area (Å²) in [6.45, 7) is 3.06. The molecular weight excluding hydrogens is 416 g/mol. The Morgan fingerprint density at radius 2 is 1.90 bits per heavy atom. The van der Waals surface area contributed by atoms with Gasteiger partial charge in [0.15, 0.2) is 16.8 Å². The monoisotopic (exact) mass is 438 g/mol. The number of nitrogens with zero attached hydrogens (tertiary/aromatic N) is 6. The van der Waals surface area contributed by atoms with Crippen molar-refractivity contribution >= 4 is 23.1 Å². The van der Waals surface area contributed by atoms with E-state index in [4.69, 9.17) is 4.52 Å². The van der Waals surface area contributed by atoms with Crippen LogP contribution in [0.1, 0.15) is 30.9 Å². The molecule has 0 saturated carbocycles. The van der Waals surface area contributed by atoms with Crippen LogP contribution in [0.5, 0.6) is 0 Å². The van der Waals surface area contributed by atoms with Gasteiger partial charge in [-0.3, -0.25) is 9.47 Å². The molecule has 9 heteroatoms. The number of aromatic nitrogens is 5. The molecule has 0 radical (unpaired) electrons. The van der Waals surface area contributed by atoms with Gasteiger partial charge in [-0.2, -0.15) is 16.3 Å². The average molecular weight is 439 g/mol. The van der Waals surface area contributed by atoms with E-state index in [2.05, 4.69) is 41.9 Å². The second kappa shape index (κ2) is 9.11. The Labute approximate surface area is 183 Å². The van der Waals surface area contributed by atoms with Crippen molar-refractivity contribution < 1.29 is 4.52 Å². The Hall–Kier alpha value is -2.49. The van der Waals surface area contributed by atoms with E-state index in [0.29, 0.717) is 17.5 Å². The summed E-state index contributed by atoms with van der Waals surface area (Å²) in [6.07, 6.45) is 3.83. The molecule has 0 amide bonds. The zero-order chi connectivity index (χ0) is 20.2. The number of piperidine rings is 1. The lowest BCUT2D eigenvalue weighted by molar-refractivity contribution is 0.214. The highest BCUT2D eigenvalue weighted by atomic mass is 32.2. The third kappa shape index (κ3) is 4.33. The maximum atomic E-state index is 5.40. The molecule has 3 aromatic heterocycles. The maximum absolute atomic E-state index is 5.40. The molecule has 0 spiro atoms. The van der Waals surface area contributed by atoms with Gasteiger partial charge in [0, 0.05) is 11.1 Å². The quantitative estimate of drug-likeness (QED) is 0.389. The largest absolute Gasteiger partial charge is 0.334 e. The van der Waals surface area contributed by atoms with E-state index >= 15 is 0 Å². The van der Waals surface area contributed by atoms with Crippen LogP contribution in [-0.4, -0.2) is 42.9 Å². The van der Waals surface area contributed by atoms with Gasteiger partial charge in [0.1, 0.15) is 0 Å². The number of para-hydroxylation sites is 1. The van der Waals surface area contributed by atoms with E-state index < -0.39 is 0 Å². The van der Waals surface area contributed by atoms with Gasteiger partial charge in [-0.05, 0) is 49.5 Å². The fourth-order valence-electron chi connectivity index (χ4n) is 3.60. The molecule has 7 nitrogen and oxygen atoms in total. The number of benzene rings is 1. The van der Waals surface area contributed by atoms with Crippen LogP contribution in [-0.2, 0) is 12.3 Å². The van der Waals surface area contributed by atoms with Gasteiger partial charge >= 0.3 is 0 Å². The highest BCUT2D eigenvalue weighted by Gasteiger charge is 2.19. The molecule has 1 saturated heterocycles. The van der Waals surface area contributed by atoms with Crippen LogP contribution < -0.4 is 0 Å². The summed E-state index contributed by atoms with van der Waals surface area (Å²) in [5, 5.41) is 18.0. The molecule has 1 aliphatic rings. The van der Waals surface area contributed by atoms with Gasteiger partial charge in [-0.15, -0.1) is 10.2 Å². The van der Waals surface area contributed by atoms with Crippen molar-refractivity contribution in [1.29, 1.82) is 0 Å². The molecule has 0 N–H and O–H groups in total. The molecule has 1 aromatic carbocycles. The highest BCUT2D eigenvalue weighted by Crippen LogP contribution is 2.27. The molecule has 5 rings (SSSR count). The highest BCUT2D eigenvalue weighted by molar-refractivity contribution is 7.98. The summed E-state index contributed by atoms with van der Waals surface area (Å²) in [5.41, 5.74) is 2.03. The first kappa shape index (κ1) is 19.5. The van der Waals surface area contributed by atoms with Crippen molar-refractivity contribution in [2.24, 2.45) is 0 Å². The molecule has 0 bridgehead atoms. The van der Waals surface area contributed by atoms with E-state index in [1.165, 1.54) is 19.3 Å². The lowest BCUT2D eigenvalue weighted by Gasteiger charge is -2.26. The lowest BCUT2D eigenvalue weighted by Crippen LogP contribution is -2.30. The van der Waals surface area contributed by atoms with E-state index in [1.807, 2.05) is 35.0 Å². The van der Waals surface area contributed by atoms with Crippen molar-refractivity contribution in [2.45, 2.75) is 36.7 Å². The minimum absolute atomic E-state index is 0.558. The predicted octanol–water partition coefficient (Wildman–Crippen LogP) is 4.66. The van der Waals surface area contributed by atoms with Crippen molar-refractivity contribution in [3.05, 3.63) is 58.8 Å². The number of thioether (sulfide) groups is 1. The molecule has 1 fully saturated rings. The predicted molar refractivity (Wildman–Crippen MR) is 118 cm³/mol. The smallest absolute Gasteiger partial charge is 0.258 e. The molecule has 0 unspecified atom stereocenters. The van der Waals surface area contributed by atoms with Crippen molar-refractivity contribution in [2.75, 3.05) is 13.1 Å². The summed E-state index contributed by atoms with van der Waals surface area (Å²) in [4.78, 5) is 6.98. The van der Waals surface area contributed by atoms with Crippen LogP contribution in [0.25, 0.3) is 17.1 Å². The van der Waals surface area contributed by atoms with E-state index in [0.717, 1.165) is 41.9 Å². The van der Waals surface area contributed by atoms with Crippen LogP contribution in [0, 0.1) is 0 Å². The number of hydrogen-bond acceptors (Lipinski definition) is 8. The van der Waals surface area contributed by atoms with Gasteiger partial charge in [-0.1, -0.05) is 41.5 Å². The van der Waals surface area contributed by atoms with Crippen molar-refractivity contribution in [1.82, 2.24) is 29.8 Å². The Morgan fingerprint density at radius 3 is 2.70 bits per heavy atom. The molecule has 0 aliphatic carbocycles. The van der Waals surface area contributed by atoms with Crippen LogP contribution in [0.3, 0.4) is 0 Å². The Bertz CT molecular complexity index is 1070. The van der Waals surface area contributed by atoms with Gasteiger partial charge in [0.2, 0.25) is 0 Å². The Kier molecular flexibility index (Phi) is 5.91. The number of rotatable bonds is 7. The number of thiophene rings is 1. The zero-order valence-electron chi connectivity index (χ0n) is 16.5.